The molecule has 0 saturated heterocycles. The summed E-state index contributed by atoms with van der Waals surface area (Å²) in [5.74, 6) is 2.19. The zero-order valence-electron chi connectivity index (χ0n) is 13.0. The van der Waals surface area contributed by atoms with E-state index in [2.05, 4.69) is 29.4 Å². The molecule has 114 valence electrons. The normalized spacial score (nSPS) is 10.9. The number of aromatic nitrogens is 3. The second-order valence-corrected chi connectivity index (χ2v) is 5.17. The van der Waals surface area contributed by atoms with E-state index < -0.39 is 0 Å². The van der Waals surface area contributed by atoms with Gasteiger partial charge in [-0.15, -0.1) is 10.2 Å². The summed E-state index contributed by atoms with van der Waals surface area (Å²) in [6.07, 6.45) is 1.65. The number of methoxy groups -OCH3 is 1. The van der Waals surface area contributed by atoms with Crippen molar-refractivity contribution in [3.05, 3.63) is 35.9 Å². The Morgan fingerprint density at radius 1 is 1.29 bits per heavy atom. The molecule has 0 radical (unpaired) electrons. The van der Waals surface area contributed by atoms with Gasteiger partial charge in [-0.2, -0.15) is 0 Å². The summed E-state index contributed by atoms with van der Waals surface area (Å²) in [5, 5.41) is 11.2. The molecule has 1 heterocycles. The highest BCUT2D eigenvalue weighted by Crippen LogP contribution is 2.28. The van der Waals surface area contributed by atoms with Gasteiger partial charge in [-0.1, -0.05) is 19.9 Å². The van der Waals surface area contributed by atoms with Gasteiger partial charge in [0, 0.05) is 19.6 Å². The molecular weight excluding hydrogens is 268 g/mol. The first-order valence-corrected chi connectivity index (χ1v) is 6.96. The van der Waals surface area contributed by atoms with Crippen LogP contribution in [-0.2, 0) is 20.2 Å². The van der Waals surface area contributed by atoms with Crippen molar-refractivity contribution in [1.29, 1.82) is 0 Å². The fraction of sp³-hybridized carbons (Fsp3) is 0.467. The van der Waals surface area contributed by atoms with Gasteiger partial charge in [0.15, 0.2) is 17.3 Å². The summed E-state index contributed by atoms with van der Waals surface area (Å²) in [5.41, 5.74) is 1.15. The number of nitrogens with one attached hydrogen (secondary N) is 1. The quantitative estimate of drug-likeness (QED) is 0.844. The van der Waals surface area contributed by atoms with Gasteiger partial charge in [-0.3, -0.25) is 0 Å². The van der Waals surface area contributed by atoms with E-state index in [9.17, 15) is 0 Å². The summed E-state index contributed by atoms with van der Waals surface area (Å²) in [6.45, 7) is 5.39. The number of ether oxygens (including phenoxy) is 2. The third-order valence-electron chi connectivity index (χ3n) is 3.10. The van der Waals surface area contributed by atoms with Gasteiger partial charge < -0.3 is 19.4 Å². The van der Waals surface area contributed by atoms with E-state index >= 15 is 0 Å². The summed E-state index contributed by atoms with van der Waals surface area (Å²) < 4.78 is 13.0. The number of benzene rings is 1. The molecule has 0 aliphatic carbocycles. The van der Waals surface area contributed by atoms with E-state index in [-0.39, 0.29) is 0 Å². The van der Waals surface area contributed by atoms with Crippen molar-refractivity contribution in [2.45, 2.75) is 33.0 Å². The maximum absolute atomic E-state index is 5.82. The highest BCUT2D eigenvalue weighted by molar-refractivity contribution is 5.43. The Kier molecular flexibility index (Phi) is 5.16. The van der Waals surface area contributed by atoms with Gasteiger partial charge in [-0.25, -0.2) is 0 Å². The van der Waals surface area contributed by atoms with Crippen molar-refractivity contribution in [2.24, 2.45) is 7.05 Å². The maximum Gasteiger partial charge on any atom is 0.170 e. The Labute approximate surface area is 125 Å². The molecule has 0 saturated carbocycles. The molecule has 0 aliphatic heterocycles. The molecule has 1 N–H and O–H groups in total. The Balaban J connectivity index is 2.08. The molecule has 0 spiro atoms. The Hall–Kier alpha value is -2.08. The molecule has 0 unspecified atom stereocenters. The summed E-state index contributed by atoms with van der Waals surface area (Å²) in [7, 11) is 3.52. The van der Waals surface area contributed by atoms with Crippen LogP contribution < -0.4 is 14.8 Å². The number of aryl methyl sites for hydroxylation is 1. The van der Waals surface area contributed by atoms with Crippen LogP contribution in [0, 0.1) is 0 Å². The van der Waals surface area contributed by atoms with Gasteiger partial charge in [-0.05, 0) is 17.7 Å². The molecule has 0 fully saturated rings. The van der Waals surface area contributed by atoms with Crippen molar-refractivity contribution in [3.8, 4) is 11.5 Å². The molecular formula is C15H22N4O2. The van der Waals surface area contributed by atoms with Gasteiger partial charge in [0.1, 0.15) is 12.9 Å². The average Bonchev–Trinajstić information content (AvgIpc) is 2.88. The maximum atomic E-state index is 5.82. The molecule has 6 heteroatoms. The van der Waals surface area contributed by atoms with Crippen molar-refractivity contribution in [3.63, 3.8) is 0 Å². The van der Waals surface area contributed by atoms with Crippen molar-refractivity contribution >= 4 is 0 Å². The van der Waals surface area contributed by atoms with Crippen LogP contribution in [0.1, 0.15) is 25.2 Å². The third kappa shape index (κ3) is 4.19. The predicted molar refractivity (Wildman–Crippen MR) is 80.3 cm³/mol. The fourth-order valence-electron chi connectivity index (χ4n) is 1.85. The second-order valence-electron chi connectivity index (χ2n) is 5.17. The van der Waals surface area contributed by atoms with Crippen LogP contribution in [0.3, 0.4) is 0 Å². The number of hydrogen-bond donors (Lipinski definition) is 1. The summed E-state index contributed by atoms with van der Waals surface area (Å²) in [4.78, 5) is 0. The largest absolute Gasteiger partial charge is 0.493 e. The SMILES string of the molecule is COc1ccc(CNC(C)C)cc1OCc1nncn1C. The lowest BCUT2D eigenvalue weighted by Gasteiger charge is -2.13. The third-order valence-corrected chi connectivity index (χ3v) is 3.10. The van der Waals surface area contributed by atoms with Gasteiger partial charge >= 0.3 is 0 Å². The first-order valence-electron chi connectivity index (χ1n) is 6.96. The van der Waals surface area contributed by atoms with E-state index in [1.807, 2.05) is 29.8 Å². The molecule has 0 bridgehead atoms. The van der Waals surface area contributed by atoms with Crippen LogP contribution >= 0.6 is 0 Å². The minimum Gasteiger partial charge on any atom is -0.493 e. The molecule has 1 aromatic carbocycles. The van der Waals surface area contributed by atoms with Crippen molar-refractivity contribution < 1.29 is 9.47 Å². The molecule has 0 amide bonds. The lowest BCUT2D eigenvalue weighted by Crippen LogP contribution is -2.21. The van der Waals surface area contributed by atoms with E-state index in [1.54, 1.807) is 13.4 Å². The first kappa shape index (κ1) is 15.3. The zero-order valence-corrected chi connectivity index (χ0v) is 13.0. The van der Waals surface area contributed by atoms with Crippen molar-refractivity contribution in [2.75, 3.05) is 7.11 Å². The average molecular weight is 290 g/mol. The second kappa shape index (κ2) is 7.08. The number of hydrogen-bond acceptors (Lipinski definition) is 5. The Bertz CT molecular complexity index is 581. The highest BCUT2D eigenvalue weighted by Gasteiger charge is 2.08. The fourth-order valence-corrected chi connectivity index (χ4v) is 1.85. The van der Waals surface area contributed by atoms with Crippen LogP contribution in [0.2, 0.25) is 0 Å². The van der Waals surface area contributed by atoms with Crippen LogP contribution in [0.25, 0.3) is 0 Å². The van der Waals surface area contributed by atoms with E-state index in [1.165, 1.54) is 0 Å². The molecule has 0 aliphatic rings. The summed E-state index contributed by atoms with van der Waals surface area (Å²) >= 11 is 0. The van der Waals surface area contributed by atoms with Crippen LogP contribution in [0.5, 0.6) is 11.5 Å². The minimum atomic E-state index is 0.355. The lowest BCUT2D eigenvalue weighted by atomic mass is 10.2. The highest BCUT2D eigenvalue weighted by atomic mass is 16.5. The smallest absolute Gasteiger partial charge is 0.170 e. The lowest BCUT2D eigenvalue weighted by molar-refractivity contribution is 0.272. The topological polar surface area (TPSA) is 61.2 Å². The predicted octanol–water partition coefficient (Wildman–Crippen LogP) is 1.90. The zero-order chi connectivity index (χ0) is 15.2. The molecule has 2 aromatic rings. The van der Waals surface area contributed by atoms with Crippen LogP contribution in [0.15, 0.2) is 24.5 Å². The Morgan fingerprint density at radius 3 is 2.71 bits per heavy atom. The molecule has 0 atom stereocenters. The number of rotatable bonds is 7. The van der Waals surface area contributed by atoms with Crippen LogP contribution in [0.4, 0.5) is 0 Å². The van der Waals surface area contributed by atoms with E-state index in [4.69, 9.17) is 9.47 Å². The van der Waals surface area contributed by atoms with Gasteiger partial charge in [0.2, 0.25) is 0 Å². The molecule has 1 aromatic heterocycles. The first-order chi connectivity index (χ1) is 10.1. The van der Waals surface area contributed by atoms with Gasteiger partial charge in [0.25, 0.3) is 0 Å². The molecule has 21 heavy (non-hydrogen) atoms. The molecule has 6 nitrogen and oxygen atoms in total. The summed E-state index contributed by atoms with van der Waals surface area (Å²) in [6, 6.07) is 6.38. The van der Waals surface area contributed by atoms with Crippen molar-refractivity contribution in [1.82, 2.24) is 20.1 Å². The van der Waals surface area contributed by atoms with Gasteiger partial charge in [0.05, 0.1) is 7.11 Å². The molecule has 2 rings (SSSR count). The number of nitrogens with zero attached hydrogens (tertiary/aromatic N) is 3. The Morgan fingerprint density at radius 2 is 2.10 bits per heavy atom. The van der Waals surface area contributed by atoms with E-state index in [0.29, 0.717) is 24.1 Å². The minimum absolute atomic E-state index is 0.355. The monoisotopic (exact) mass is 290 g/mol. The van der Waals surface area contributed by atoms with E-state index in [0.717, 1.165) is 17.9 Å². The standard InChI is InChI=1S/C15H22N4O2/c1-11(2)16-8-12-5-6-13(20-4)14(7-12)21-9-15-18-17-10-19(15)3/h5-7,10-11,16H,8-9H2,1-4H3. The van der Waals surface area contributed by atoms with Crippen LogP contribution in [-0.4, -0.2) is 27.9 Å².